The van der Waals surface area contributed by atoms with E-state index in [0.29, 0.717) is 24.7 Å². The van der Waals surface area contributed by atoms with E-state index in [-0.39, 0.29) is 17.6 Å². The van der Waals surface area contributed by atoms with Crippen LogP contribution in [0.15, 0.2) is 29.0 Å². The molecule has 0 bridgehead atoms. The highest BCUT2D eigenvalue weighted by molar-refractivity contribution is 9.10. The van der Waals surface area contributed by atoms with Crippen molar-refractivity contribution in [2.75, 3.05) is 13.2 Å². The standard InChI is InChI=1S/C16H16BrN3O3/c1-9-7-19-13(8-18-9)16(21)20-10(2)11-5-14-15(6-12(11)17)23-4-3-22-14/h5-8,10H,3-4H2,1-2H3,(H,20,21). The molecule has 0 radical (unpaired) electrons. The number of amides is 1. The number of benzene rings is 1. The van der Waals surface area contributed by atoms with Crippen molar-refractivity contribution >= 4 is 21.8 Å². The molecule has 0 fully saturated rings. The first-order valence-corrected chi connectivity index (χ1v) is 8.02. The van der Waals surface area contributed by atoms with Gasteiger partial charge in [0.15, 0.2) is 11.5 Å². The van der Waals surface area contributed by atoms with E-state index in [1.54, 1.807) is 6.20 Å². The molecule has 1 N–H and O–H groups in total. The number of nitrogens with one attached hydrogen (secondary N) is 1. The van der Waals surface area contributed by atoms with Gasteiger partial charge in [-0.3, -0.25) is 9.78 Å². The number of nitrogens with zero attached hydrogens (tertiary/aromatic N) is 2. The molecule has 3 rings (SSSR count). The lowest BCUT2D eigenvalue weighted by atomic mass is 10.1. The molecule has 120 valence electrons. The predicted octanol–water partition coefficient (Wildman–Crippen LogP) is 2.81. The van der Waals surface area contributed by atoms with E-state index in [2.05, 4.69) is 31.2 Å². The van der Waals surface area contributed by atoms with Crippen molar-refractivity contribution in [3.8, 4) is 11.5 Å². The van der Waals surface area contributed by atoms with Crippen LogP contribution in [-0.2, 0) is 0 Å². The highest BCUT2D eigenvalue weighted by Crippen LogP contribution is 2.37. The third-order valence-electron chi connectivity index (χ3n) is 3.49. The third-order valence-corrected chi connectivity index (χ3v) is 4.18. The van der Waals surface area contributed by atoms with Gasteiger partial charge in [-0.25, -0.2) is 4.98 Å². The van der Waals surface area contributed by atoms with Gasteiger partial charge in [-0.05, 0) is 31.5 Å². The van der Waals surface area contributed by atoms with Crippen molar-refractivity contribution in [1.82, 2.24) is 15.3 Å². The minimum atomic E-state index is -0.271. The molecule has 6 nitrogen and oxygen atoms in total. The zero-order valence-corrected chi connectivity index (χ0v) is 14.4. The Balaban J connectivity index is 1.79. The van der Waals surface area contributed by atoms with Gasteiger partial charge in [0.2, 0.25) is 0 Å². The highest BCUT2D eigenvalue weighted by atomic mass is 79.9. The summed E-state index contributed by atoms with van der Waals surface area (Å²) in [5.74, 6) is 1.12. The Kier molecular flexibility index (Phi) is 4.47. The minimum Gasteiger partial charge on any atom is -0.486 e. The normalized spacial score (nSPS) is 14.2. The number of hydrogen-bond acceptors (Lipinski definition) is 5. The van der Waals surface area contributed by atoms with E-state index in [0.717, 1.165) is 15.7 Å². The molecule has 0 saturated carbocycles. The summed E-state index contributed by atoms with van der Waals surface area (Å²) >= 11 is 3.52. The number of carbonyl (C=O) groups excluding carboxylic acids is 1. The third kappa shape index (κ3) is 3.44. The Morgan fingerprint density at radius 1 is 1.22 bits per heavy atom. The Hall–Kier alpha value is -2.15. The number of aromatic nitrogens is 2. The van der Waals surface area contributed by atoms with Crippen LogP contribution in [-0.4, -0.2) is 29.1 Å². The molecule has 1 aromatic heterocycles. The lowest BCUT2D eigenvalue weighted by Crippen LogP contribution is -2.28. The molecule has 7 heteroatoms. The van der Waals surface area contributed by atoms with Crippen LogP contribution < -0.4 is 14.8 Å². The van der Waals surface area contributed by atoms with Crippen molar-refractivity contribution in [3.63, 3.8) is 0 Å². The molecule has 1 atom stereocenters. The summed E-state index contributed by atoms with van der Waals surface area (Å²) < 4.78 is 12.0. The first-order valence-electron chi connectivity index (χ1n) is 7.23. The second-order valence-corrected chi connectivity index (χ2v) is 6.11. The summed E-state index contributed by atoms with van der Waals surface area (Å²) in [7, 11) is 0. The van der Waals surface area contributed by atoms with Gasteiger partial charge in [0.1, 0.15) is 18.9 Å². The zero-order valence-electron chi connectivity index (χ0n) is 12.8. The molecule has 1 unspecified atom stereocenters. The smallest absolute Gasteiger partial charge is 0.271 e. The summed E-state index contributed by atoms with van der Waals surface area (Å²) in [6.45, 7) is 4.78. The molecule has 2 aromatic rings. The highest BCUT2D eigenvalue weighted by Gasteiger charge is 2.20. The molecule has 1 aromatic carbocycles. The molecule has 2 heterocycles. The second kappa shape index (κ2) is 6.54. The van der Waals surface area contributed by atoms with Crippen molar-refractivity contribution in [2.45, 2.75) is 19.9 Å². The topological polar surface area (TPSA) is 73.3 Å². The van der Waals surface area contributed by atoms with Gasteiger partial charge < -0.3 is 14.8 Å². The van der Waals surface area contributed by atoms with Gasteiger partial charge in [-0.1, -0.05) is 15.9 Å². The van der Waals surface area contributed by atoms with E-state index in [1.165, 1.54) is 6.20 Å². The van der Waals surface area contributed by atoms with Gasteiger partial charge in [-0.15, -0.1) is 0 Å². The summed E-state index contributed by atoms with van der Waals surface area (Å²) in [4.78, 5) is 20.4. The fourth-order valence-electron chi connectivity index (χ4n) is 2.27. The van der Waals surface area contributed by atoms with Crippen LogP contribution in [0.2, 0.25) is 0 Å². The Morgan fingerprint density at radius 3 is 2.57 bits per heavy atom. The Morgan fingerprint density at radius 2 is 1.91 bits per heavy atom. The molecule has 1 aliphatic rings. The van der Waals surface area contributed by atoms with Crippen LogP contribution in [0.1, 0.15) is 34.7 Å². The number of fused-ring (bicyclic) bond motifs is 1. The maximum atomic E-state index is 12.3. The van der Waals surface area contributed by atoms with Crippen molar-refractivity contribution in [2.24, 2.45) is 0 Å². The molecule has 1 amide bonds. The number of hydrogen-bond donors (Lipinski definition) is 1. The quantitative estimate of drug-likeness (QED) is 0.889. The lowest BCUT2D eigenvalue weighted by molar-refractivity contribution is 0.0934. The number of ether oxygens (including phenoxy) is 2. The number of rotatable bonds is 3. The van der Waals surface area contributed by atoms with Gasteiger partial charge in [0.05, 0.1) is 17.9 Å². The molecule has 0 spiro atoms. The fourth-order valence-corrected chi connectivity index (χ4v) is 2.94. The molecule has 0 saturated heterocycles. The summed E-state index contributed by atoms with van der Waals surface area (Å²) in [5.41, 5.74) is 1.96. The number of aryl methyl sites for hydroxylation is 1. The molecule has 1 aliphatic heterocycles. The Labute approximate surface area is 142 Å². The second-order valence-electron chi connectivity index (χ2n) is 5.26. The van der Waals surface area contributed by atoms with Gasteiger partial charge in [0.25, 0.3) is 5.91 Å². The lowest BCUT2D eigenvalue weighted by Gasteiger charge is -2.22. The first-order chi connectivity index (χ1) is 11.0. The average Bonchev–Trinajstić information content (AvgIpc) is 2.54. The maximum Gasteiger partial charge on any atom is 0.271 e. The van der Waals surface area contributed by atoms with E-state index in [9.17, 15) is 4.79 Å². The summed E-state index contributed by atoms with van der Waals surface area (Å²) in [5, 5.41) is 2.91. The molecular formula is C16H16BrN3O3. The fraction of sp³-hybridized carbons (Fsp3) is 0.312. The van der Waals surface area contributed by atoms with Crippen LogP contribution in [0.4, 0.5) is 0 Å². The monoisotopic (exact) mass is 377 g/mol. The average molecular weight is 378 g/mol. The number of halogens is 1. The van der Waals surface area contributed by atoms with Crippen LogP contribution in [0, 0.1) is 6.92 Å². The van der Waals surface area contributed by atoms with Crippen LogP contribution in [0.25, 0.3) is 0 Å². The zero-order chi connectivity index (χ0) is 16.4. The largest absolute Gasteiger partial charge is 0.486 e. The van der Waals surface area contributed by atoms with E-state index >= 15 is 0 Å². The van der Waals surface area contributed by atoms with Crippen LogP contribution in [0.5, 0.6) is 11.5 Å². The SMILES string of the molecule is Cc1cnc(C(=O)NC(C)c2cc3c(cc2Br)OCCO3)cn1. The number of carbonyl (C=O) groups is 1. The van der Waals surface area contributed by atoms with Crippen molar-refractivity contribution < 1.29 is 14.3 Å². The van der Waals surface area contributed by atoms with Gasteiger partial charge >= 0.3 is 0 Å². The van der Waals surface area contributed by atoms with Crippen LogP contribution in [0.3, 0.4) is 0 Å². The summed E-state index contributed by atoms with van der Waals surface area (Å²) in [6.07, 6.45) is 3.04. The Bertz CT molecular complexity index is 734. The minimum absolute atomic E-state index is 0.226. The van der Waals surface area contributed by atoms with Crippen molar-refractivity contribution in [1.29, 1.82) is 0 Å². The van der Waals surface area contributed by atoms with E-state index in [1.807, 2.05) is 26.0 Å². The van der Waals surface area contributed by atoms with E-state index < -0.39 is 0 Å². The molecule has 0 aliphatic carbocycles. The molecule has 23 heavy (non-hydrogen) atoms. The predicted molar refractivity (Wildman–Crippen MR) is 87.8 cm³/mol. The maximum absolute atomic E-state index is 12.3. The van der Waals surface area contributed by atoms with Crippen molar-refractivity contribution in [3.05, 3.63) is 46.0 Å². The molecular weight excluding hydrogens is 362 g/mol. The van der Waals surface area contributed by atoms with E-state index in [4.69, 9.17) is 9.47 Å². The van der Waals surface area contributed by atoms with Gasteiger partial charge in [0, 0.05) is 10.7 Å². The first kappa shape index (κ1) is 15.7. The summed E-state index contributed by atoms with van der Waals surface area (Å²) in [6, 6.07) is 3.51. The van der Waals surface area contributed by atoms with Crippen LogP contribution >= 0.6 is 15.9 Å². The van der Waals surface area contributed by atoms with Gasteiger partial charge in [-0.2, -0.15) is 0 Å².